The number of hydrogen-bond acceptors (Lipinski definition) is 2. The monoisotopic (exact) mass is 368 g/mol. The van der Waals surface area contributed by atoms with E-state index in [9.17, 15) is 0 Å². The highest BCUT2D eigenvalue weighted by Crippen LogP contribution is 2.43. The minimum Gasteiger partial charge on any atom is -0.399 e. The second-order valence-electron chi connectivity index (χ2n) is 8.89. The van der Waals surface area contributed by atoms with Crippen molar-refractivity contribution in [3.63, 3.8) is 0 Å². The molecule has 0 spiro atoms. The molecule has 0 unspecified atom stereocenters. The van der Waals surface area contributed by atoms with Gasteiger partial charge in [-0.3, -0.25) is 0 Å². The van der Waals surface area contributed by atoms with Crippen LogP contribution in [-0.2, 0) is 15.7 Å². The summed E-state index contributed by atoms with van der Waals surface area (Å²) >= 11 is 0. The van der Waals surface area contributed by atoms with E-state index < -0.39 is 0 Å². The van der Waals surface area contributed by atoms with Gasteiger partial charge in [-0.05, 0) is 73.0 Å². The van der Waals surface area contributed by atoms with E-state index in [-0.39, 0.29) is 18.3 Å². The van der Waals surface area contributed by atoms with Crippen LogP contribution in [0.4, 0.5) is 0 Å². The fraction of sp³-hybridized carbons (Fsp3) is 0.280. The largest absolute Gasteiger partial charge is 0.494 e. The van der Waals surface area contributed by atoms with Gasteiger partial charge in [0.2, 0.25) is 0 Å². The van der Waals surface area contributed by atoms with Crippen LogP contribution < -0.4 is 5.46 Å². The highest BCUT2D eigenvalue weighted by molar-refractivity contribution is 6.62. The fourth-order valence-electron chi connectivity index (χ4n) is 4.26. The first-order valence-corrected chi connectivity index (χ1v) is 10.0. The average molecular weight is 368 g/mol. The summed E-state index contributed by atoms with van der Waals surface area (Å²) in [4.78, 5) is 0. The zero-order valence-corrected chi connectivity index (χ0v) is 17.0. The summed E-state index contributed by atoms with van der Waals surface area (Å²) < 4.78 is 12.5. The Bertz CT molecular complexity index is 1050. The highest BCUT2D eigenvalue weighted by Gasteiger charge is 2.51. The van der Waals surface area contributed by atoms with Crippen molar-refractivity contribution < 1.29 is 9.31 Å². The van der Waals surface area contributed by atoms with E-state index >= 15 is 0 Å². The van der Waals surface area contributed by atoms with Gasteiger partial charge in [-0.25, -0.2) is 0 Å². The molecule has 140 valence electrons. The molecule has 0 N–H and O–H groups in total. The summed E-state index contributed by atoms with van der Waals surface area (Å²) in [6.07, 6.45) is 1.01. The van der Waals surface area contributed by atoms with E-state index in [1.807, 2.05) is 0 Å². The summed E-state index contributed by atoms with van der Waals surface area (Å²) in [6, 6.07) is 24.0. The lowest BCUT2D eigenvalue weighted by molar-refractivity contribution is 0.00578. The van der Waals surface area contributed by atoms with Crippen molar-refractivity contribution in [2.45, 2.75) is 45.3 Å². The normalized spacial score (nSPS) is 18.8. The third-order valence-electron chi connectivity index (χ3n) is 6.54. The van der Waals surface area contributed by atoms with Gasteiger partial charge in [0.1, 0.15) is 0 Å². The molecule has 0 radical (unpaired) electrons. The number of rotatable bonds is 2. The smallest absolute Gasteiger partial charge is 0.399 e. The zero-order chi connectivity index (χ0) is 19.5. The third-order valence-corrected chi connectivity index (χ3v) is 6.54. The molecular weight excluding hydrogens is 343 g/mol. The van der Waals surface area contributed by atoms with Crippen LogP contribution in [0.15, 0.2) is 66.7 Å². The van der Waals surface area contributed by atoms with Gasteiger partial charge in [0.15, 0.2) is 0 Å². The van der Waals surface area contributed by atoms with Gasteiger partial charge in [-0.2, -0.15) is 0 Å². The number of benzene rings is 3. The summed E-state index contributed by atoms with van der Waals surface area (Å²) in [5, 5.41) is 0. The maximum atomic E-state index is 6.27. The van der Waals surface area contributed by atoms with Gasteiger partial charge in [0.25, 0.3) is 0 Å². The molecule has 0 atom stereocenters. The summed E-state index contributed by atoms with van der Waals surface area (Å²) in [5.74, 6) is 0. The lowest BCUT2D eigenvalue weighted by Gasteiger charge is -2.32. The van der Waals surface area contributed by atoms with Crippen LogP contribution in [0.1, 0.15) is 38.8 Å². The van der Waals surface area contributed by atoms with Crippen molar-refractivity contribution >= 4 is 12.6 Å². The zero-order valence-electron chi connectivity index (χ0n) is 17.0. The van der Waals surface area contributed by atoms with Crippen LogP contribution >= 0.6 is 0 Å². The third kappa shape index (κ3) is 2.65. The van der Waals surface area contributed by atoms with Crippen LogP contribution in [0.3, 0.4) is 0 Å². The van der Waals surface area contributed by atoms with Crippen molar-refractivity contribution in [2.75, 3.05) is 0 Å². The molecule has 2 nitrogen and oxygen atoms in total. The molecule has 1 saturated heterocycles. The molecule has 3 aromatic rings. The topological polar surface area (TPSA) is 18.5 Å². The molecule has 0 amide bonds. The fourth-order valence-corrected chi connectivity index (χ4v) is 4.26. The Morgan fingerprint density at radius 3 is 2.14 bits per heavy atom. The second kappa shape index (κ2) is 6.07. The molecule has 1 aliphatic carbocycles. The quantitative estimate of drug-likeness (QED) is 0.452. The summed E-state index contributed by atoms with van der Waals surface area (Å²) in [6.45, 7) is 8.38. The molecular formula is C25H25BO2. The van der Waals surface area contributed by atoms with Crippen molar-refractivity contribution in [1.29, 1.82) is 0 Å². The summed E-state index contributed by atoms with van der Waals surface area (Å²) in [5.41, 5.74) is 8.42. The molecule has 28 heavy (non-hydrogen) atoms. The van der Waals surface area contributed by atoms with E-state index in [1.165, 1.54) is 33.4 Å². The predicted molar refractivity (Wildman–Crippen MR) is 116 cm³/mol. The van der Waals surface area contributed by atoms with E-state index in [0.717, 1.165) is 11.9 Å². The lowest BCUT2D eigenvalue weighted by Crippen LogP contribution is -2.41. The Morgan fingerprint density at radius 1 is 0.714 bits per heavy atom. The minimum atomic E-state index is -0.339. The first-order valence-electron chi connectivity index (χ1n) is 10.0. The molecule has 0 aromatic heterocycles. The maximum absolute atomic E-state index is 6.27. The van der Waals surface area contributed by atoms with Crippen molar-refractivity contribution in [2.24, 2.45) is 0 Å². The van der Waals surface area contributed by atoms with Crippen LogP contribution in [-0.4, -0.2) is 18.3 Å². The molecule has 0 bridgehead atoms. The van der Waals surface area contributed by atoms with Crippen LogP contribution in [0.5, 0.6) is 0 Å². The maximum Gasteiger partial charge on any atom is 0.494 e. The molecule has 5 rings (SSSR count). The van der Waals surface area contributed by atoms with Gasteiger partial charge in [-0.15, -0.1) is 0 Å². The van der Waals surface area contributed by atoms with E-state index in [0.29, 0.717) is 0 Å². The highest BCUT2D eigenvalue weighted by atomic mass is 16.7. The van der Waals surface area contributed by atoms with Gasteiger partial charge < -0.3 is 9.31 Å². The summed E-state index contributed by atoms with van der Waals surface area (Å²) in [7, 11) is -0.339. The SMILES string of the molecule is CC1(C)OB(c2cccc(-c3cccc4c3-c3ccccc3C4)c2)OC1(C)C. The number of hydrogen-bond donors (Lipinski definition) is 0. The number of fused-ring (bicyclic) bond motifs is 3. The molecule has 1 fully saturated rings. The molecule has 1 aliphatic heterocycles. The second-order valence-corrected chi connectivity index (χ2v) is 8.89. The molecule has 3 heteroatoms. The van der Waals surface area contributed by atoms with Crippen molar-refractivity contribution in [3.05, 3.63) is 77.9 Å². The first kappa shape index (κ1) is 17.7. The van der Waals surface area contributed by atoms with E-state index in [2.05, 4.69) is 94.4 Å². The van der Waals surface area contributed by atoms with Gasteiger partial charge in [-0.1, -0.05) is 66.7 Å². The van der Waals surface area contributed by atoms with Gasteiger partial charge in [0, 0.05) is 0 Å². The van der Waals surface area contributed by atoms with Crippen LogP contribution in [0.2, 0.25) is 0 Å². The standard InChI is InChI=1S/C25H25BO2/c1-24(2)25(3,4)28-26(27-24)20-12-7-10-18(16-20)22-14-8-11-19-15-17-9-5-6-13-21(17)23(19)22/h5-14,16H,15H2,1-4H3. The predicted octanol–water partition coefficient (Wildman–Crippen LogP) is 5.22. The van der Waals surface area contributed by atoms with Gasteiger partial charge >= 0.3 is 7.12 Å². The Hall–Kier alpha value is -2.36. The van der Waals surface area contributed by atoms with E-state index in [4.69, 9.17) is 9.31 Å². The first-order chi connectivity index (χ1) is 13.4. The Morgan fingerprint density at radius 2 is 1.36 bits per heavy atom. The molecule has 3 aromatic carbocycles. The molecule has 0 saturated carbocycles. The van der Waals surface area contributed by atoms with Crippen molar-refractivity contribution in [1.82, 2.24) is 0 Å². The van der Waals surface area contributed by atoms with Gasteiger partial charge in [0.05, 0.1) is 11.2 Å². The molecule has 1 heterocycles. The lowest BCUT2D eigenvalue weighted by atomic mass is 9.77. The average Bonchev–Trinajstić information content (AvgIpc) is 3.15. The van der Waals surface area contributed by atoms with Crippen LogP contribution in [0.25, 0.3) is 22.3 Å². The van der Waals surface area contributed by atoms with Crippen LogP contribution in [0, 0.1) is 0 Å². The van der Waals surface area contributed by atoms with E-state index in [1.54, 1.807) is 0 Å². The Labute approximate surface area is 167 Å². The van der Waals surface area contributed by atoms with Crippen molar-refractivity contribution in [3.8, 4) is 22.3 Å². The Balaban J connectivity index is 1.58. The minimum absolute atomic E-state index is 0.333. The molecule has 2 aliphatic rings. The Kier molecular flexibility index (Phi) is 3.84.